The van der Waals surface area contributed by atoms with Gasteiger partial charge in [0, 0.05) is 6.20 Å². The average Bonchev–Trinajstić information content (AvgIpc) is 2.66. The molecule has 2 aromatic heterocycles. The van der Waals surface area contributed by atoms with Gasteiger partial charge in [0.1, 0.15) is 0 Å². The SMILES string of the molecule is Cc1nn2cccc(C)c2c1C(N)=O.O=C(O)C(F)(F)F. The van der Waals surface area contributed by atoms with Crippen LogP contribution in [0.4, 0.5) is 13.2 Å². The number of nitrogens with zero attached hydrogens (tertiary/aromatic N) is 2. The molecule has 0 unspecified atom stereocenters. The number of hydrogen-bond donors (Lipinski definition) is 2. The number of primary amides is 1. The minimum Gasteiger partial charge on any atom is -0.475 e. The van der Waals surface area contributed by atoms with Crippen LogP contribution in [0.25, 0.3) is 5.52 Å². The van der Waals surface area contributed by atoms with E-state index in [4.69, 9.17) is 15.6 Å². The smallest absolute Gasteiger partial charge is 0.475 e. The van der Waals surface area contributed by atoms with Gasteiger partial charge < -0.3 is 10.8 Å². The molecule has 0 bridgehead atoms. The van der Waals surface area contributed by atoms with Crippen LogP contribution in [0.3, 0.4) is 0 Å². The second kappa shape index (κ2) is 5.81. The van der Waals surface area contributed by atoms with Crippen molar-refractivity contribution in [2.24, 2.45) is 5.73 Å². The van der Waals surface area contributed by atoms with Gasteiger partial charge in [-0.3, -0.25) is 4.79 Å². The fraction of sp³-hybridized carbons (Fsp3) is 0.250. The highest BCUT2D eigenvalue weighted by Gasteiger charge is 2.38. The lowest BCUT2D eigenvalue weighted by atomic mass is 10.1. The molecular weight excluding hydrogens is 291 g/mol. The van der Waals surface area contributed by atoms with Crippen LogP contribution in [-0.2, 0) is 4.79 Å². The van der Waals surface area contributed by atoms with E-state index in [1.807, 2.05) is 25.3 Å². The first-order valence-electron chi connectivity index (χ1n) is 5.60. The molecule has 0 spiro atoms. The van der Waals surface area contributed by atoms with Crippen LogP contribution in [0.2, 0.25) is 0 Å². The third kappa shape index (κ3) is 3.71. The summed E-state index contributed by atoms with van der Waals surface area (Å²) in [5, 5.41) is 11.3. The molecule has 21 heavy (non-hydrogen) atoms. The summed E-state index contributed by atoms with van der Waals surface area (Å²) in [6.07, 6.45) is -3.28. The van der Waals surface area contributed by atoms with Gasteiger partial charge >= 0.3 is 12.1 Å². The van der Waals surface area contributed by atoms with E-state index in [9.17, 15) is 18.0 Å². The number of aliphatic carboxylic acids is 1. The van der Waals surface area contributed by atoms with Crippen molar-refractivity contribution in [3.63, 3.8) is 0 Å². The first kappa shape index (κ1) is 16.5. The zero-order chi connectivity index (χ0) is 16.4. The summed E-state index contributed by atoms with van der Waals surface area (Å²) in [7, 11) is 0. The quantitative estimate of drug-likeness (QED) is 0.837. The Hall–Kier alpha value is -2.58. The van der Waals surface area contributed by atoms with Crippen LogP contribution in [-0.4, -0.2) is 32.8 Å². The van der Waals surface area contributed by atoms with Gasteiger partial charge in [-0.2, -0.15) is 18.3 Å². The number of carbonyl (C=O) groups is 2. The Morgan fingerprint density at radius 2 is 1.86 bits per heavy atom. The number of fused-ring (bicyclic) bond motifs is 1. The van der Waals surface area contributed by atoms with Crippen LogP contribution in [0.15, 0.2) is 18.3 Å². The number of amides is 1. The van der Waals surface area contributed by atoms with Crippen molar-refractivity contribution in [3.8, 4) is 0 Å². The molecule has 0 aliphatic heterocycles. The first-order valence-corrected chi connectivity index (χ1v) is 5.60. The normalized spacial score (nSPS) is 10.9. The Morgan fingerprint density at radius 1 is 1.33 bits per heavy atom. The average molecular weight is 303 g/mol. The molecule has 0 saturated carbocycles. The maximum Gasteiger partial charge on any atom is 0.490 e. The monoisotopic (exact) mass is 303 g/mol. The first-order chi connectivity index (χ1) is 9.55. The van der Waals surface area contributed by atoms with E-state index in [2.05, 4.69) is 5.10 Å². The Bertz CT molecular complexity index is 692. The van der Waals surface area contributed by atoms with Gasteiger partial charge in [0.05, 0.1) is 16.8 Å². The molecule has 0 aromatic carbocycles. The number of hydrogen-bond acceptors (Lipinski definition) is 3. The number of aromatic nitrogens is 2. The maximum absolute atomic E-state index is 11.2. The van der Waals surface area contributed by atoms with Gasteiger partial charge in [-0.1, -0.05) is 6.07 Å². The summed E-state index contributed by atoms with van der Waals surface area (Å²) < 4.78 is 33.4. The van der Waals surface area contributed by atoms with Crippen LogP contribution in [0.1, 0.15) is 21.6 Å². The van der Waals surface area contributed by atoms with Crippen molar-refractivity contribution in [2.75, 3.05) is 0 Å². The van der Waals surface area contributed by atoms with E-state index in [-0.39, 0.29) is 0 Å². The number of aryl methyl sites for hydroxylation is 2. The van der Waals surface area contributed by atoms with Crippen molar-refractivity contribution in [1.29, 1.82) is 0 Å². The number of nitrogens with two attached hydrogens (primary N) is 1. The van der Waals surface area contributed by atoms with Crippen LogP contribution < -0.4 is 5.73 Å². The van der Waals surface area contributed by atoms with E-state index in [1.165, 1.54) is 0 Å². The fourth-order valence-electron chi connectivity index (χ4n) is 1.68. The van der Waals surface area contributed by atoms with Crippen LogP contribution in [0, 0.1) is 13.8 Å². The minimum atomic E-state index is -5.08. The topological polar surface area (TPSA) is 97.7 Å². The summed E-state index contributed by atoms with van der Waals surface area (Å²) in [5.74, 6) is -3.18. The van der Waals surface area contributed by atoms with Crippen LogP contribution >= 0.6 is 0 Å². The second-order valence-electron chi connectivity index (χ2n) is 4.11. The predicted octanol–water partition coefficient (Wildman–Crippen LogP) is 1.68. The van der Waals surface area contributed by atoms with Crippen LogP contribution in [0.5, 0.6) is 0 Å². The molecule has 0 fully saturated rings. The van der Waals surface area contributed by atoms with E-state index < -0.39 is 18.1 Å². The largest absolute Gasteiger partial charge is 0.490 e. The van der Waals surface area contributed by atoms with Gasteiger partial charge in [-0.15, -0.1) is 0 Å². The molecule has 0 aliphatic carbocycles. The Labute approximate surface area is 117 Å². The molecule has 1 amide bonds. The molecule has 2 rings (SSSR count). The van der Waals surface area contributed by atoms with Crippen molar-refractivity contribution >= 4 is 17.4 Å². The van der Waals surface area contributed by atoms with Crippen molar-refractivity contribution in [1.82, 2.24) is 9.61 Å². The highest BCUT2D eigenvalue weighted by Crippen LogP contribution is 2.18. The molecule has 3 N–H and O–H groups in total. The number of halogens is 3. The fourth-order valence-corrected chi connectivity index (χ4v) is 1.68. The molecule has 0 radical (unpaired) electrons. The summed E-state index contributed by atoms with van der Waals surface area (Å²) in [5.41, 5.74) is 8.30. The lowest BCUT2D eigenvalue weighted by Gasteiger charge is -1.98. The molecule has 9 heteroatoms. The lowest BCUT2D eigenvalue weighted by Crippen LogP contribution is -2.21. The molecule has 0 aliphatic rings. The van der Waals surface area contributed by atoms with Gasteiger partial charge in [0.15, 0.2) is 0 Å². The van der Waals surface area contributed by atoms with E-state index in [0.29, 0.717) is 11.3 Å². The van der Waals surface area contributed by atoms with Crippen molar-refractivity contribution in [3.05, 3.63) is 35.2 Å². The third-order valence-electron chi connectivity index (χ3n) is 2.52. The molecule has 2 heterocycles. The van der Waals surface area contributed by atoms with Crippen molar-refractivity contribution < 1.29 is 27.9 Å². The molecule has 0 atom stereocenters. The number of carbonyl (C=O) groups excluding carboxylic acids is 1. The summed E-state index contributed by atoms with van der Waals surface area (Å²) in [4.78, 5) is 20.1. The van der Waals surface area contributed by atoms with Gasteiger partial charge in [0.2, 0.25) is 0 Å². The van der Waals surface area contributed by atoms with Gasteiger partial charge in [0.25, 0.3) is 5.91 Å². The van der Waals surface area contributed by atoms with Gasteiger partial charge in [-0.05, 0) is 25.5 Å². The molecule has 114 valence electrons. The zero-order valence-corrected chi connectivity index (χ0v) is 11.1. The highest BCUT2D eigenvalue weighted by atomic mass is 19.4. The lowest BCUT2D eigenvalue weighted by molar-refractivity contribution is -0.192. The van der Waals surface area contributed by atoms with Crippen molar-refractivity contribution in [2.45, 2.75) is 20.0 Å². The predicted molar refractivity (Wildman–Crippen MR) is 66.9 cm³/mol. The Kier molecular flexibility index (Phi) is 4.56. The summed E-state index contributed by atoms with van der Waals surface area (Å²) >= 11 is 0. The third-order valence-corrected chi connectivity index (χ3v) is 2.52. The number of alkyl halides is 3. The minimum absolute atomic E-state index is 0.424. The molecule has 6 nitrogen and oxygen atoms in total. The number of pyridine rings is 1. The Balaban J connectivity index is 0.000000270. The summed E-state index contributed by atoms with van der Waals surface area (Å²) in [6.45, 7) is 3.72. The van der Waals surface area contributed by atoms with E-state index in [1.54, 1.807) is 11.4 Å². The molecular formula is C12H12F3N3O3. The molecule has 2 aromatic rings. The highest BCUT2D eigenvalue weighted by molar-refractivity contribution is 6.01. The molecule has 0 saturated heterocycles. The summed E-state index contributed by atoms with van der Waals surface area (Å²) in [6, 6.07) is 3.82. The van der Waals surface area contributed by atoms with E-state index in [0.717, 1.165) is 11.1 Å². The second-order valence-corrected chi connectivity index (χ2v) is 4.11. The number of rotatable bonds is 1. The standard InChI is InChI=1S/C10H11N3O.C2HF3O2/c1-6-4-3-5-13-9(6)8(10(11)14)7(2)12-13;3-2(4,5)1(6)7/h3-5H,1-2H3,(H2,11,14);(H,6,7). The number of carboxylic acids is 1. The Morgan fingerprint density at radius 3 is 2.29 bits per heavy atom. The van der Waals surface area contributed by atoms with Gasteiger partial charge in [-0.25, -0.2) is 9.31 Å². The number of carboxylic acid groups (broad SMARTS) is 1. The van der Waals surface area contributed by atoms with E-state index >= 15 is 0 Å². The maximum atomic E-state index is 11.2. The zero-order valence-electron chi connectivity index (χ0n) is 11.1.